The molecule has 0 radical (unpaired) electrons. The second-order valence-corrected chi connectivity index (χ2v) is 6.85. The minimum absolute atomic E-state index is 0.0151. The van der Waals surface area contributed by atoms with Crippen molar-refractivity contribution >= 4 is 16.3 Å². The molecule has 2 N–H and O–H groups in total. The number of nitrogens with zero attached hydrogens (tertiary/aromatic N) is 1. The number of hydrogen-bond donors (Lipinski definition) is 1. The van der Waals surface area contributed by atoms with Crippen molar-refractivity contribution in [1.82, 2.24) is 4.98 Å². The van der Waals surface area contributed by atoms with Crippen LogP contribution in [0.2, 0.25) is 0 Å². The van der Waals surface area contributed by atoms with Crippen molar-refractivity contribution < 1.29 is 4.74 Å². The number of rotatable bonds is 2. The summed E-state index contributed by atoms with van der Waals surface area (Å²) in [5, 5.41) is 1.75. The topological polar surface area (TPSA) is 48.1 Å². The first-order valence-corrected chi connectivity index (χ1v) is 7.06. The third-order valence-corrected chi connectivity index (χ3v) is 3.84. The Hall–Kier alpha value is -1.55. The van der Waals surface area contributed by atoms with E-state index in [1.54, 1.807) is 7.11 Å². The summed E-state index contributed by atoms with van der Waals surface area (Å²) < 4.78 is 5.45. The van der Waals surface area contributed by atoms with Gasteiger partial charge in [-0.15, -0.1) is 11.3 Å². The van der Waals surface area contributed by atoms with Gasteiger partial charge >= 0.3 is 0 Å². The number of methoxy groups -OCH3 is 1. The molecule has 19 heavy (non-hydrogen) atoms. The van der Waals surface area contributed by atoms with Crippen LogP contribution in [0, 0.1) is 6.92 Å². The van der Waals surface area contributed by atoms with Gasteiger partial charge in [0.05, 0.1) is 12.1 Å². The number of hydrogen-bond acceptors (Lipinski definition) is 4. The largest absolute Gasteiger partial charge is 0.496 e. The molecule has 2 rings (SSSR count). The van der Waals surface area contributed by atoms with E-state index in [1.165, 1.54) is 11.3 Å². The summed E-state index contributed by atoms with van der Waals surface area (Å²) in [6.07, 6.45) is 0. The quantitative estimate of drug-likeness (QED) is 0.901. The van der Waals surface area contributed by atoms with Crippen LogP contribution in [0.1, 0.15) is 31.3 Å². The maximum absolute atomic E-state index is 6.03. The highest BCUT2D eigenvalue weighted by molar-refractivity contribution is 7.16. The van der Waals surface area contributed by atoms with E-state index in [9.17, 15) is 0 Å². The Labute approximate surface area is 118 Å². The van der Waals surface area contributed by atoms with Crippen LogP contribution in [0.5, 0.6) is 5.75 Å². The molecule has 0 saturated heterocycles. The average molecular weight is 276 g/mol. The van der Waals surface area contributed by atoms with Gasteiger partial charge in [-0.05, 0) is 30.5 Å². The highest BCUT2D eigenvalue weighted by atomic mass is 32.1. The lowest BCUT2D eigenvalue weighted by molar-refractivity contribution is 0.397. The van der Waals surface area contributed by atoms with E-state index >= 15 is 0 Å². The van der Waals surface area contributed by atoms with Crippen molar-refractivity contribution in [2.24, 2.45) is 0 Å². The molecule has 0 aliphatic rings. The smallest absolute Gasteiger partial charge is 0.122 e. The van der Waals surface area contributed by atoms with E-state index in [2.05, 4.69) is 31.8 Å². The van der Waals surface area contributed by atoms with Gasteiger partial charge in [0, 0.05) is 11.1 Å². The van der Waals surface area contributed by atoms with Crippen LogP contribution in [0.4, 0.5) is 5.00 Å². The zero-order chi connectivity index (χ0) is 14.2. The van der Waals surface area contributed by atoms with E-state index in [-0.39, 0.29) is 5.41 Å². The number of ether oxygens (including phenoxy) is 1. The molecule has 0 spiro atoms. The van der Waals surface area contributed by atoms with Crippen molar-refractivity contribution in [3.8, 4) is 17.0 Å². The summed E-state index contributed by atoms with van der Waals surface area (Å²) in [5.74, 6) is 0.904. The number of thiazole rings is 1. The first-order chi connectivity index (χ1) is 8.82. The number of aromatic nitrogens is 1. The number of aryl methyl sites for hydroxylation is 1. The zero-order valence-corrected chi connectivity index (χ0v) is 12.9. The third kappa shape index (κ3) is 2.73. The molecular weight excluding hydrogens is 256 g/mol. The van der Waals surface area contributed by atoms with E-state index in [1.807, 2.05) is 19.1 Å². The maximum atomic E-state index is 6.03. The summed E-state index contributed by atoms with van der Waals surface area (Å²) >= 11 is 1.52. The lowest BCUT2D eigenvalue weighted by atomic mass is 9.85. The fourth-order valence-corrected chi connectivity index (χ4v) is 2.81. The minimum atomic E-state index is 0.0151. The molecule has 4 heteroatoms. The van der Waals surface area contributed by atoms with Crippen molar-refractivity contribution in [2.75, 3.05) is 12.8 Å². The molecule has 0 saturated carbocycles. The molecule has 1 aromatic heterocycles. The molecule has 0 aliphatic heterocycles. The fraction of sp³-hybridized carbons (Fsp3) is 0.400. The summed E-state index contributed by atoms with van der Waals surface area (Å²) in [4.78, 5) is 4.51. The van der Waals surface area contributed by atoms with E-state index in [4.69, 9.17) is 10.5 Å². The molecule has 0 fully saturated rings. The van der Waals surface area contributed by atoms with Gasteiger partial charge in [0.15, 0.2) is 0 Å². The molecular formula is C15H20N2OS. The van der Waals surface area contributed by atoms with Crippen LogP contribution in [-0.2, 0) is 5.41 Å². The average Bonchev–Trinajstić information content (AvgIpc) is 2.66. The van der Waals surface area contributed by atoms with Gasteiger partial charge in [-0.3, -0.25) is 0 Å². The monoisotopic (exact) mass is 276 g/mol. The van der Waals surface area contributed by atoms with Crippen LogP contribution in [0.25, 0.3) is 11.3 Å². The normalized spacial score (nSPS) is 11.6. The van der Waals surface area contributed by atoms with Gasteiger partial charge in [-0.2, -0.15) is 0 Å². The summed E-state index contributed by atoms with van der Waals surface area (Å²) in [5.41, 5.74) is 9.13. The third-order valence-electron chi connectivity index (χ3n) is 3.04. The lowest BCUT2D eigenvalue weighted by Gasteiger charge is -2.22. The molecule has 0 aliphatic carbocycles. The maximum Gasteiger partial charge on any atom is 0.122 e. The Kier molecular flexibility index (Phi) is 3.54. The van der Waals surface area contributed by atoms with Crippen LogP contribution in [-0.4, -0.2) is 12.1 Å². The predicted octanol–water partition coefficient (Wildman–Crippen LogP) is 4.01. The van der Waals surface area contributed by atoms with Crippen molar-refractivity contribution in [3.63, 3.8) is 0 Å². The summed E-state index contributed by atoms with van der Waals surface area (Å²) in [6.45, 7) is 8.48. The first-order valence-electron chi connectivity index (χ1n) is 6.24. The molecule has 102 valence electrons. The Morgan fingerprint density at radius 2 is 1.95 bits per heavy atom. The highest BCUT2D eigenvalue weighted by Gasteiger charge is 2.20. The Balaban J connectivity index is 2.58. The van der Waals surface area contributed by atoms with Gasteiger partial charge in [0.25, 0.3) is 0 Å². The van der Waals surface area contributed by atoms with Gasteiger partial charge in [0.1, 0.15) is 16.4 Å². The summed E-state index contributed by atoms with van der Waals surface area (Å²) in [6, 6.07) is 6.13. The second-order valence-electron chi connectivity index (χ2n) is 5.61. The Bertz CT molecular complexity index is 597. The number of nitrogens with two attached hydrogens (primary N) is 1. The molecule has 0 unspecified atom stereocenters. The molecule has 1 heterocycles. The van der Waals surface area contributed by atoms with Crippen LogP contribution in [0.3, 0.4) is 0 Å². The van der Waals surface area contributed by atoms with Gasteiger partial charge in [-0.25, -0.2) is 4.98 Å². The van der Waals surface area contributed by atoms with Crippen molar-refractivity contribution in [1.29, 1.82) is 0 Å². The second kappa shape index (κ2) is 4.85. The number of anilines is 1. The summed E-state index contributed by atoms with van der Waals surface area (Å²) in [7, 11) is 1.70. The van der Waals surface area contributed by atoms with Gasteiger partial charge in [-0.1, -0.05) is 20.8 Å². The molecule has 0 amide bonds. The van der Waals surface area contributed by atoms with E-state index in [0.29, 0.717) is 0 Å². The van der Waals surface area contributed by atoms with E-state index in [0.717, 1.165) is 32.6 Å². The lowest BCUT2D eigenvalue weighted by Crippen LogP contribution is -2.13. The van der Waals surface area contributed by atoms with E-state index < -0.39 is 0 Å². The van der Waals surface area contributed by atoms with Gasteiger partial charge < -0.3 is 10.5 Å². The minimum Gasteiger partial charge on any atom is -0.496 e. The Morgan fingerprint density at radius 1 is 1.26 bits per heavy atom. The highest BCUT2D eigenvalue weighted by Crippen LogP contribution is 2.37. The molecule has 0 bridgehead atoms. The molecule has 0 atom stereocenters. The zero-order valence-electron chi connectivity index (χ0n) is 12.1. The predicted molar refractivity (Wildman–Crippen MR) is 82.0 cm³/mol. The Morgan fingerprint density at radius 3 is 2.42 bits per heavy atom. The standard InChI is InChI=1S/C15H20N2OS/c1-9-17-13(14(16)19-9)10-6-7-12(18-5)11(8-10)15(2,3)4/h6-8H,16H2,1-5H3. The van der Waals surface area contributed by atoms with Crippen LogP contribution < -0.4 is 10.5 Å². The number of benzene rings is 1. The van der Waals surface area contributed by atoms with Crippen molar-refractivity contribution in [3.05, 3.63) is 28.8 Å². The van der Waals surface area contributed by atoms with Crippen molar-refractivity contribution in [2.45, 2.75) is 33.1 Å². The SMILES string of the molecule is COc1ccc(-c2nc(C)sc2N)cc1C(C)(C)C. The fourth-order valence-electron chi connectivity index (χ4n) is 2.09. The van der Waals surface area contributed by atoms with Crippen LogP contribution in [0.15, 0.2) is 18.2 Å². The molecule has 1 aromatic carbocycles. The molecule has 3 nitrogen and oxygen atoms in total. The first kappa shape index (κ1) is 13.9. The van der Waals surface area contributed by atoms with Gasteiger partial charge in [0.2, 0.25) is 0 Å². The number of nitrogen functional groups attached to an aromatic ring is 1. The molecule has 2 aromatic rings. The van der Waals surface area contributed by atoms with Crippen LogP contribution >= 0.6 is 11.3 Å².